The minimum atomic E-state index is -0.402. The highest BCUT2D eigenvalue weighted by Gasteiger charge is 2.23. The van der Waals surface area contributed by atoms with Crippen LogP contribution in [0.2, 0.25) is 0 Å². The van der Waals surface area contributed by atoms with Gasteiger partial charge in [-0.15, -0.1) is 0 Å². The molecule has 0 unspecified atom stereocenters. The van der Waals surface area contributed by atoms with Crippen LogP contribution in [0.15, 0.2) is 12.1 Å². The van der Waals surface area contributed by atoms with Crippen LogP contribution in [0.5, 0.6) is 0 Å². The zero-order chi connectivity index (χ0) is 13.1. The average molecular weight is 252 g/mol. The van der Waals surface area contributed by atoms with Crippen molar-refractivity contribution in [2.75, 3.05) is 0 Å². The molecule has 2 heteroatoms. The van der Waals surface area contributed by atoms with E-state index in [4.69, 9.17) is 0 Å². The molecular weight excluding hydrogens is 230 g/mol. The van der Waals surface area contributed by atoms with E-state index in [-0.39, 0.29) is 5.56 Å². The number of halogens is 2. The van der Waals surface area contributed by atoms with E-state index >= 15 is 0 Å². The van der Waals surface area contributed by atoms with Crippen molar-refractivity contribution in [1.82, 2.24) is 0 Å². The Morgan fingerprint density at radius 2 is 1.61 bits per heavy atom. The second-order valence-corrected chi connectivity index (χ2v) is 5.62. The van der Waals surface area contributed by atoms with Crippen LogP contribution < -0.4 is 0 Å². The summed E-state index contributed by atoms with van der Waals surface area (Å²) in [5.74, 6) is 0.371. The number of hydrogen-bond donors (Lipinski definition) is 0. The second kappa shape index (κ2) is 5.81. The van der Waals surface area contributed by atoms with Crippen LogP contribution in [-0.2, 0) is 0 Å². The van der Waals surface area contributed by atoms with E-state index in [2.05, 4.69) is 6.92 Å². The van der Waals surface area contributed by atoms with Crippen molar-refractivity contribution in [3.63, 3.8) is 0 Å². The van der Waals surface area contributed by atoms with Gasteiger partial charge in [0.2, 0.25) is 0 Å². The molecule has 1 aliphatic carbocycles. The standard InChI is InChI=1S/C16H22F2/c1-3-4-12-5-7-13(8-6-12)14-9-15(17)11(2)16(18)10-14/h9-10,12-13H,3-8H2,1-2H3. The number of rotatable bonds is 3. The maximum absolute atomic E-state index is 13.6. The quantitative estimate of drug-likeness (QED) is 0.680. The molecule has 1 fully saturated rings. The van der Waals surface area contributed by atoms with Crippen molar-refractivity contribution in [1.29, 1.82) is 0 Å². The summed E-state index contributed by atoms with van der Waals surface area (Å²) in [4.78, 5) is 0. The molecule has 1 aliphatic rings. The third-order valence-corrected chi connectivity index (χ3v) is 4.32. The Balaban J connectivity index is 2.05. The highest BCUT2D eigenvalue weighted by molar-refractivity contribution is 5.28. The fraction of sp³-hybridized carbons (Fsp3) is 0.625. The molecule has 0 saturated heterocycles. The van der Waals surface area contributed by atoms with Gasteiger partial charge in [-0.25, -0.2) is 8.78 Å². The molecule has 0 N–H and O–H groups in total. The fourth-order valence-corrected chi connectivity index (χ4v) is 3.09. The Morgan fingerprint density at radius 1 is 1.06 bits per heavy atom. The van der Waals surface area contributed by atoms with Gasteiger partial charge in [0.15, 0.2) is 0 Å². The highest BCUT2D eigenvalue weighted by atomic mass is 19.1. The summed E-state index contributed by atoms with van der Waals surface area (Å²) < 4.78 is 27.1. The predicted octanol–water partition coefficient (Wildman–Crippen LogP) is 5.35. The van der Waals surface area contributed by atoms with E-state index in [1.807, 2.05) is 0 Å². The number of benzene rings is 1. The molecule has 1 aromatic carbocycles. The first kappa shape index (κ1) is 13.5. The smallest absolute Gasteiger partial charge is 0.129 e. The van der Waals surface area contributed by atoms with Crippen molar-refractivity contribution in [3.05, 3.63) is 34.9 Å². The first-order valence-electron chi connectivity index (χ1n) is 7.07. The zero-order valence-electron chi connectivity index (χ0n) is 11.3. The minimum absolute atomic E-state index is 0.137. The lowest BCUT2D eigenvalue weighted by Crippen LogP contribution is -2.13. The lowest BCUT2D eigenvalue weighted by Gasteiger charge is -2.28. The summed E-state index contributed by atoms with van der Waals surface area (Å²) >= 11 is 0. The Labute approximate surface area is 108 Å². The van der Waals surface area contributed by atoms with Crippen LogP contribution in [0, 0.1) is 24.5 Å². The molecular formula is C16H22F2. The summed E-state index contributed by atoms with van der Waals surface area (Å²) in [6, 6.07) is 3.06. The van der Waals surface area contributed by atoms with Crippen LogP contribution in [0.25, 0.3) is 0 Å². The second-order valence-electron chi connectivity index (χ2n) is 5.62. The Kier molecular flexibility index (Phi) is 4.36. The first-order chi connectivity index (χ1) is 8.61. The van der Waals surface area contributed by atoms with E-state index in [1.165, 1.54) is 44.7 Å². The van der Waals surface area contributed by atoms with Crippen molar-refractivity contribution >= 4 is 0 Å². The summed E-state index contributed by atoms with van der Waals surface area (Å²) in [6.45, 7) is 3.71. The van der Waals surface area contributed by atoms with Gasteiger partial charge in [0.25, 0.3) is 0 Å². The van der Waals surface area contributed by atoms with Crippen molar-refractivity contribution in [2.24, 2.45) is 5.92 Å². The third kappa shape index (κ3) is 2.90. The molecule has 1 saturated carbocycles. The van der Waals surface area contributed by atoms with Crippen LogP contribution in [0.1, 0.15) is 62.5 Å². The Hall–Kier alpha value is -0.920. The molecule has 0 heterocycles. The van der Waals surface area contributed by atoms with Crippen LogP contribution in [0.3, 0.4) is 0 Å². The molecule has 2 rings (SSSR count). The monoisotopic (exact) mass is 252 g/mol. The van der Waals surface area contributed by atoms with E-state index in [9.17, 15) is 8.78 Å². The van der Waals surface area contributed by atoms with Gasteiger partial charge in [0, 0.05) is 5.56 Å². The lowest BCUT2D eigenvalue weighted by molar-refractivity contribution is 0.307. The molecule has 18 heavy (non-hydrogen) atoms. The zero-order valence-corrected chi connectivity index (χ0v) is 11.3. The van der Waals surface area contributed by atoms with Gasteiger partial charge in [-0.3, -0.25) is 0 Å². The summed E-state index contributed by atoms with van der Waals surface area (Å²) in [6.07, 6.45) is 7.09. The first-order valence-corrected chi connectivity index (χ1v) is 7.07. The van der Waals surface area contributed by atoms with E-state index in [1.54, 1.807) is 0 Å². The topological polar surface area (TPSA) is 0 Å². The maximum atomic E-state index is 13.6. The molecule has 1 aromatic rings. The molecule has 0 bridgehead atoms. The summed E-state index contributed by atoms with van der Waals surface area (Å²) in [5.41, 5.74) is 0.990. The Bertz CT molecular complexity index is 381. The van der Waals surface area contributed by atoms with Gasteiger partial charge in [0.05, 0.1) is 0 Å². The molecule has 0 nitrogen and oxygen atoms in total. The van der Waals surface area contributed by atoms with Gasteiger partial charge in [-0.1, -0.05) is 19.8 Å². The van der Waals surface area contributed by atoms with E-state index in [0.717, 1.165) is 24.3 Å². The van der Waals surface area contributed by atoms with Gasteiger partial charge >= 0.3 is 0 Å². The van der Waals surface area contributed by atoms with E-state index in [0.29, 0.717) is 5.92 Å². The average Bonchev–Trinajstić information content (AvgIpc) is 2.37. The lowest BCUT2D eigenvalue weighted by atomic mass is 9.77. The third-order valence-electron chi connectivity index (χ3n) is 4.32. The number of hydrogen-bond acceptors (Lipinski definition) is 0. The molecule has 0 radical (unpaired) electrons. The van der Waals surface area contributed by atoms with Crippen molar-refractivity contribution < 1.29 is 8.78 Å². The fourth-order valence-electron chi connectivity index (χ4n) is 3.09. The normalized spacial score (nSPS) is 24.2. The van der Waals surface area contributed by atoms with Gasteiger partial charge in [0.1, 0.15) is 11.6 Å². The molecule has 100 valence electrons. The molecule has 0 aliphatic heterocycles. The van der Waals surface area contributed by atoms with Crippen LogP contribution in [-0.4, -0.2) is 0 Å². The SMILES string of the molecule is CCCC1CCC(c2cc(F)c(C)c(F)c2)CC1. The van der Waals surface area contributed by atoms with Gasteiger partial charge in [-0.2, -0.15) is 0 Å². The van der Waals surface area contributed by atoms with E-state index < -0.39 is 11.6 Å². The Morgan fingerprint density at radius 3 is 2.11 bits per heavy atom. The molecule has 0 aromatic heterocycles. The van der Waals surface area contributed by atoms with Crippen LogP contribution in [0.4, 0.5) is 8.78 Å². The summed E-state index contributed by atoms with van der Waals surface area (Å²) in [5, 5.41) is 0. The predicted molar refractivity (Wildman–Crippen MR) is 70.7 cm³/mol. The molecule has 0 amide bonds. The van der Waals surface area contributed by atoms with Crippen molar-refractivity contribution in [3.8, 4) is 0 Å². The highest BCUT2D eigenvalue weighted by Crippen LogP contribution is 2.38. The minimum Gasteiger partial charge on any atom is -0.207 e. The largest absolute Gasteiger partial charge is 0.207 e. The van der Waals surface area contributed by atoms with Gasteiger partial charge < -0.3 is 0 Å². The van der Waals surface area contributed by atoms with Gasteiger partial charge in [-0.05, 0) is 62.1 Å². The van der Waals surface area contributed by atoms with Crippen molar-refractivity contribution in [2.45, 2.75) is 58.3 Å². The van der Waals surface area contributed by atoms with Crippen LogP contribution >= 0.6 is 0 Å². The summed E-state index contributed by atoms with van der Waals surface area (Å²) in [7, 11) is 0. The maximum Gasteiger partial charge on any atom is 0.129 e. The molecule has 0 atom stereocenters. The molecule has 0 spiro atoms.